The van der Waals surface area contributed by atoms with E-state index in [1.165, 1.54) is 0 Å². The van der Waals surface area contributed by atoms with Gasteiger partial charge in [-0.25, -0.2) is 4.57 Å². The van der Waals surface area contributed by atoms with Crippen molar-refractivity contribution in [2.45, 2.75) is 19.4 Å². The van der Waals surface area contributed by atoms with Crippen LogP contribution in [0.3, 0.4) is 0 Å². The largest absolute Gasteiger partial charge is 0.497 e. The Hall–Kier alpha value is -2.05. The van der Waals surface area contributed by atoms with E-state index in [0.29, 0.717) is 6.42 Å². The molecule has 0 aliphatic rings. The highest BCUT2D eigenvalue weighted by Crippen LogP contribution is 2.40. The van der Waals surface area contributed by atoms with Gasteiger partial charge in [0, 0.05) is 21.8 Å². The monoisotopic (exact) mass is 379 g/mol. The quantitative estimate of drug-likeness (QED) is 0.606. The van der Waals surface area contributed by atoms with Crippen LogP contribution in [0.2, 0.25) is 0 Å². The molecule has 7 nitrogen and oxygen atoms in total. The van der Waals surface area contributed by atoms with Gasteiger partial charge in [-0.1, -0.05) is 6.92 Å². The molecule has 2 N–H and O–H groups in total. The number of phosphoric ester groups is 1. The highest BCUT2D eigenvalue weighted by molar-refractivity contribution is 7.46. The summed E-state index contributed by atoms with van der Waals surface area (Å²) in [6.07, 6.45) is 0.650. The Morgan fingerprint density at radius 1 is 1.00 bits per heavy atom. The normalized spacial score (nSPS) is 13.3. The fourth-order valence-electron chi connectivity index (χ4n) is 3.22. The molecule has 1 unspecified atom stereocenters. The van der Waals surface area contributed by atoms with Crippen LogP contribution >= 0.6 is 7.82 Å². The van der Waals surface area contributed by atoms with Gasteiger partial charge in [-0.15, -0.1) is 0 Å². The van der Waals surface area contributed by atoms with Gasteiger partial charge in [0.15, 0.2) is 0 Å². The summed E-state index contributed by atoms with van der Waals surface area (Å²) in [5, 5.41) is 1.96. The smallest absolute Gasteiger partial charge is 0.469 e. The zero-order valence-corrected chi connectivity index (χ0v) is 15.8. The number of benzene rings is 2. The van der Waals surface area contributed by atoms with Gasteiger partial charge in [0.25, 0.3) is 0 Å². The Morgan fingerprint density at radius 2 is 1.50 bits per heavy atom. The Kier molecular flexibility index (Phi) is 5.25. The number of nitrogens with zero attached hydrogens (tertiary/aromatic N) is 1. The molecule has 0 saturated carbocycles. The molecular weight excluding hydrogens is 357 g/mol. The van der Waals surface area contributed by atoms with Crippen molar-refractivity contribution in [3.8, 4) is 11.5 Å². The number of hydrogen-bond acceptors (Lipinski definition) is 4. The number of hydrogen-bond donors (Lipinski definition) is 2. The SMILES string of the molecule is CCC(COP(=O)(O)O)n1c2ccc(OC)cc2c2cc(OC)ccc21. The van der Waals surface area contributed by atoms with Crippen molar-refractivity contribution in [3.05, 3.63) is 36.4 Å². The second-order valence-corrected chi connectivity index (χ2v) is 7.22. The number of rotatable bonds is 7. The van der Waals surface area contributed by atoms with E-state index in [-0.39, 0.29) is 12.6 Å². The fourth-order valence-corrected chi connectivity index (χ4v) is 3.58. The van der Waals surface area contributed by atoms with Gasteiger partial charge in [0.1, 0.15) is 11.5 Å². The van der Waals surface area contributed by atoms with Crippen molar-refractivity contribution in [3.63, 3.8) is 0 Å². The molecule has 26 heavy (non-hydrogen) atoms. The zero-order chi connectivity index (χ0) is 18.9. The minimum Gasteiger partial charge on any atom is -0.497 e. The van der Waals surface area contributed by atoms with E-state index in [2.05, 4.69) is 4.57 Å². The van der Waals surface area contributed by atoms with E-state index in [9.17, 15) is 4.57 Å². The maximum atomic E-state index is 11.1. The number of methoxy groups -OCH3 is 2. The summed E-state index contributed by atoms with van der Waals surface area (Å²) in [6.45, 7) is 1.87. The molecule has 3 rings (SSSR count). The summed E-state index contributed by atoms with van der Waals surface area (Å²) in [4.78, 5) is 18.1. The predicted octanol–water partition coefficient (Wildman–Crippen LogP) is 3.87. The number of fused-ring (bicyclic) bond motifs is 3. The van der Waals surface area contributed by atoms with Gasteiger partial charge in [0.05, 0.1) is 26.9 Å². The van der Waals surface area contributed by atoms with Crippen molar-refractivity contribution in [2.75, 3.05) is 20.8 Å². The van der Waals surface area contributed by atoms with Crippen molar-refractivity contribution >= 4 is 29.6 Å². The number of phosphoric acid groups is 1. The first-order chi connectivity index (χ1) is 12.4. The predicted molar refractivity (Wildman–Crippen MR) is 99.9 cm³/mol. The molecule has 0 saturated heterocycles. The number of aromatic nitrogens is 1. The van der Waals surface area contributed by atoms with Gasteiger partial charge in [-0.05, 0) is 42.8 Å². The lowest BCUT2D eigenvalue weighted by Gasteiger charge is -2.20. The van der Waals surface area contributed by atoms with E-state index in [1.54, 1.807) is 14.2 Å². The van der Waals surface area contributed by atoms with Crippen LogP contribution in [-0.4, -0.2) is 35.2 Å². The molecule has 0 aliphatic carbocycles. The molecular formula is C18H22NO6P. The molecule has 8 heteroatoms. The van der Waals surface area contributed by atoms with E-state index in [1.807, 2.05) is 43.3 Å². The van der Waals surface area contributed by atoms with Crippen LogP contribution in [-0.2, 0) is 9.09 Å². The molecule has 140 valence electrons. The maximum Gasteiger partial charge on any atom is 0.469 e. The molecule has 2 aromatic carbocycles. The Labute approximate surface area is 151 Å². The van der Waals surface area contributed by atoms with Gasteiger partial charge >= 0.3 is 7.82 Å². The van der Waals surface area contributed by atoms with Crippen LogP contribution in [0.1, 0.15) is 19.4 Å². The second kappa shape index (κ2) is 7.29. The standard InChI is InChI=1S/C18H22NO6P/c1-4-12(11-25-26(20,21)22)19-17-7-5-13(23-2)9-15(17)16-10-14(24-3)6-8-18(16)19/h5-10,12H,4,11H2,1-3H3,(H2,20,21,22). The first-order valence-corrected chi connectivity index (χ1v) is 9.76. The lowest BCUT2D eigenvalue weighted by Crippen LogP contribution is -2.14. The van der Waals surface area contributed by atoms with Crippen LogP contribution in [0, 0.1) is 0 Å². The highest BCUT2D eigenvalue weighted by Gasteiger charge is 2.22. The van der Waals surface area contributed by atoms with E-state index in [4.69, 9.17) is 23.8 Å². The minimum absolute atomic E-state index is 0.0856. The van der Waals surface area contributed by atoms with E-state index >= 15 is 0 Å². The summed E-state index contributed by atoms with van der Waals surface area (Å²) >= 11 is 0. The van der Waals surface area contributed by atoms with Gasteiger partial charge in [0.2, 0.25) is 0 Å². The van der Waals surface area contributed by atoms with Crippen LogP contribution in [0.5, 0.6) is 11.5 Å². The molecule has 0 amide bonds. The molecule has 3 aromatic rings. The van der Waals surface area contributed by atoms with Crippen LogP contribution in [0.25, 0.3) is 21.8 Å². The van der Waals surface area contributed by atoms with Crippen molar-refractivity contribution in [1.82, 2.24) is 4.57 Å². The Balaban J connectivity index is 2.23. The lowest BCUT2D eigenvalue weighted by molar-refractivity contribution is 0.170. The Bertz CT molecular complexity index is 915. The third-order valence-corrected chi connectivity index (χ3v) is 4.97. The maximum absolute atomic E-state index is 11.1. The van der Waals surface area contributed by atoms with Crippen molar-refractivity contribution in [1.29, 1.82) is 0 Å². The summed E-state index contributed by atoms with van der Waals surface area (Å²) < 4.78 is 28.7. The van der Waals surface area contributed by atoms with Crippen LogP contribution in [0.15, 0.2) is 36.4 Å². The molecule has 1 aromatic heterocycles. The van der Waals surface area contributed by atoms with Crippen molar-refractivity contribution < 1.29 is 28.3 Å². The first-order valence-electron chi connectivity index (χ1n) is 8.23. The third kappa shape index (κ3) is 3.57. The lowest BCUT2D eigenvalue weighted by atomic mass is 10.1. The minimum atomic E-state index is -4.53. The van der Waals surface area contributed by atoms with Crippen LogP contribution in [0.4, 0.5) is 0 Å². The molecule has 0 aliphatic heterocycles. The third-order valence-electron chi connectivity index (χ3n) is 4.49. The van der Waals surface area contributed by atoms with E-state index in [0.717, 1.165) is 33.3 Å². The van der Waals surface area contributed by atoms with Gasteiger partial charge in [-0.3, -0.25) is 4.52 Å². The fraction of sp³-hybridized carbons (Fsp3) is 0.333. The summed E-state index contributed by atoms with van der Waals surface area (Å²) in [7, 11) is -1.30. The molecule has 1 heterocycles. The first kappa shape index (κ1) is 18.7. The van der Waals surface area contributed by atoms with Crippen LogP contribution < -0.4 is 9.47 Å². The Morgan fingerprint density at radius 3 is 1.88 bits per heavy atom. The molecule has 0 bridgehead atoms. The molecule has 0 radical (unpaired) electrons. The second-order valence-electron chi connectivity index (χ2n) is 5.98. The number of ether oxygens (including phenoxy) is 2. The summed E-state index contributed by atoms with van der Waals surface area (Å²) in [6, 6.07) is 11.3. The zero-order valence-electron chi connectivity index (χ0n) is 14.9. The van der Waals surface area contributed by atoms with Crippen molar-refractivity contribution in [2.24, 2.45) is 0 Å². The molecule has 0 fully saturated rings. The summed E-state index contributed by atoms with van der Waals surface area (Å²) in [5.74, 6) is 1.47. The molecule has 0 spiro atoms. The topological polar surface area (TPSA) is 90.2 Å². The average molecular weight is 379 g/mol. The highest BCUT2D eigenvalue weighted by atomic mass is 31.2. The average Bonchev–Trinajstić information content (AvgIpc) is 2.94. The van der Waals surface area contributed by atoms with E-state index < -0.39 is 7.82 Å². The molecule has 1 atom stereocenters. The summed E-state index contributed by atoms with van der Waals surface area (Å²) in [5.41, 5.74) is 1.88. The van der Waals surface area contributed by atoms with Gasteiger partial charge < -0.3 is 23.8 Å². The van der Waals surface area contributed by atoms with Gasteiger partial charge in [-0.2, -0.15) is 0 Å².